The number of benzene rings is 3. The van der Waals surface area contributed by atoms with E-state index in [0.717, 1.165) is 11.3 Å². The lowest BCUT2D eigenvalue weighted by Gasteiger charge is -2.45. The number of hydrogen-bond donors (Lipinski definition) is 1. The molecule has 3 aromatic rings. The van der Waals surface area contributed by atoms with Gasteiger partial charge in [0.1, 0.15) is 11.3 Å². The Labute approximate surface area is 252 Å². The molecule has 0 radical (unpaired) electrons. The van der Waals surface area contributed by atoms with Gasteiger partial charge < -0.3 is 10.1 Å². The van der Waals surface area contributed by atoms with Crippen molar-refractivity contribution in [2.45, 2.75) is 57.8 Å². The largest absolute Gasteiger partial charge is 0.491 e. The Morgan fingerprint density at radius 2 is 1.84 bits per heavy atom. The highest BCUT2D eigenvalue weighted by molar-refractivity contribution is 6.17. The van der Waals surface area contributed by atoms with Crippen LogP contribution in [0, 0.1) is 11.3 Å². The van der Waals surface area contributed by atoms with Crippen molar-refractivity contribution in [1.29, 1.82) is 5.26 Å². The smallest absolute Gasteiger partial charge is 0.332 e. The molecular weight excluding hydrogens is 542 g/mol. The average molecular weight is 580 g/mol. The maximum Gasteiger partial charge on any atom is 0.332 e. The molecule has 3 aromatic carbocycles. The Morgan fingerprint density at radius 1 is 1.07 bits per heavy atom. The first-order chi connectivity index (χ1) is 20.7. The summed E-state index contributed by atoms with van der Waals surface area (Å²) in [6, 6.07) is 25.4. The molecule has 2 saturated heterocycles. The number of urea groups is 1. The maximum atomic E-state index is 14.2. The van der Waals surface area contributed by atoms with Crippen LogP contribution in [0.25, 0.3) is 0 Å². The van der Waals surface area contributed by atoms with E-state index >= 15 is 0 Å². The summed E-state index contributed by atoms with van der Waals surface area (Å²) in [6.07, 6.45) is 0.951. The fourth-order valence-corrected chi connectivity index (χ4v) is 6.10. The van der Waals surface area contributed by atoms with Crippen LogP contribution in [0.5, 0.6) is 5.75 Å². The van der Waals surface area contributed by atoms with Crippen molar-refractivity contribution in [3.05, 3.63) is 95.6 Å². The van der Waals surface area contributed by atoms with E-state index in [9.17, 15) is 19.6 Å². The van der Waals surface area contributed by atoms with Gasteiger partial charge in [-0.3, -0.25) is 24.3 Å². The van der Waals surface area contributed by atoms with Crippen molar-refractivity contribution in [1.82, 2.24) is 15.1 Å². The highest BCUT2D eigenvalue weighted by Gasteiger charge is 2.59. The van der Waals surface area contributed by atoms with Gasteiger partial charge in [-0.1, -0.05) is 36.4 Å². The van der Waals surface area contributed by atoms with Crippen molar-refractivity contribution in [2.24, 2.45) is 0 Å². The van der Waals surface area contributed by atoms with Crippen molar-refractivity contribution in [3.8, 4) is 11.8 Å². The molecule has 222 valence electrons. The van der Waals surface area contributed by atoms with Crippen LogP contribution in [-0.4, -0.2) is 65.0 Å². The number of amides is 4. The molecule has 0 bridgehead atoms. The van der Waals surface area contributed by atoms with Crippen LogP contribution in [-0.2, 0) is 11.3 Å². The first-order valence-electron chi connectivity index (χ1n) is 14.7. The topological polar surface area (TPSA) is 106 Å². The zero-order valence-corrected chi connectivity index (χ0v) is 24.8. The first kappa shape index (κ1) is 29.8. The molecule has 1 spiro atoms. The minimum atomic E-state index is -1.09. The first-order valence-corrected chi connectivity index (χ1v) is 14.7. The minimum absolute atomic E-state index is 0.0143. The molecule has 2 aliphatic heterocycles. The van der Waals surface area contributed by atoms with E-state index in [-0.39, 0.29) is 37.0 Å². The van der Waals surface area contributed by atoms with Crippen LogP contribution < -0.4 is 15.0 Å². The van der Waals surface area contributed by atoms with Crippen LogP contribution >= 0.6 is 0 Å². The predicted molar refractivity (Wildman–Crippen MR) is 164 cm³/mol. The summed E-state index contributed by atoms with van der Waals surface area (Å²) in [6.45, 7) is 7.54. The summed E-state index contributed by atoms with van der Waals surface area (Å²) in [7, 11) is 0. The van der Waals surface area contributed by atoms with Crippen molar-refractivity contribution < 1.29 is 19.1 Å². The number of hydrogen-bond acceptors (Lipinski definition) is 6. The normalized spacial score (nSPS) is 20.5. The molecule has 43 heavy (non-hydrogen) atoms. The van der Waals surface area contributed by atoms with Gasteiger partial charge in [0.15, 0.2) is 0 Å². The number of nitrogens with zero attached hydrogens (tertiary/aromatic N) is 4. The molecule has 1 N–H and O–H groups in total. The third-order valence-corrected chi connectivity index (χ3v) is 8.11. The number of rotatable bonds is 9. The lowest BCUT2D eigenvalue weighted by molar-refractivity contribution is -0.133. The number of carbonyl (C=O) groups excluding carboxylic acids is 3. The Morgan fingerprint density at radius 3 is 2.56 bits per heavy atom. The molecule has 5 rings (SSSR count). The number of nitrogens with one attached hydrogen (secondary N) is 1. The van der Waals surface area contributed by atoms with Crippen molar-refractivity contribution in [2.75, 3.05) is 24.5 Å². The number of piperidine rings is 1. The molecule has 0 aliphatic carbocycles. The minimum Gasteiger partial charge on any atom is -0.491 e. The standard InChI is InChI=1S/C34H37N5O4/c1-24(2)43-30-14-8-10-27(20-30)23-37-17-15-34(21-25(37)3)32(41)38(18-16-36-31(40)28-11-5-4-6-12-28)33(42)39(34)29-13-7-9-26(19-29)22-35/h4-14,19-20,24-25H,15-18,21,23H2,1-3H3,(H,36,40)/t25-,34+/m0/s1. The van der Waals surface area contributed by atoms with E-state index in [4.69, 9.17) is 4.74 Å². The van der Waals surface area contributed by atoms with Gasteiger partial charge >= 0.3 is 6.03 Å². The molecule has 2 atom stereocenters. The second-order valence-corrected chi connectivity index (χ2v) is 11.5. The van der Waals surface area contributed by atoms with Crippen LogP contribution in [0.4, 0.5) is 10.5 Å². The van der Waals surface area contributed by atoms with Crippen LogP contribution in [0.1, 0.15) is 55.1 Å². The van der Waals surface area contributed by atoms with Gasteiger partial charge in [-0.05, 0) is 81.6 Å². The number of anilines is 1. The zero-order valence-electron chi connectivity index (χ0n) is 24.8. The zero-order chi connectivity index (χ0) is 30.6. The SMILES string of the molecule is CC(C)Oc1cccc(CN2CC[C@@]3(C[C@@H]2C)C(=O)N(CCNC(=O)c2ccccc2)C(=O)N3c2cccc(C#N)c2)c1. The maximum absolute atomic E-state index is 14.2. The molecule has 0 aromatic heterocycles. The molecule has 9 heteroatoms. The Balaban J connectivity index is 1.36. The second-order valence-electron chi connectivity index (χ2n) is 11.5. The number of nitriles is 1. The van der Waals surface area contributed by atoms with Crippen LogP contribution in [0.2, 0.25) is 0 Å². The summed E-state index contributed by atoms with van der Waals surface area (Å²) in [5.41, 5.74) is 1.47. The molecule has 2 aliphatic rings. The number of likely N-dealkylation sites (tertiary alicyclic amines) is 1. The lowest BCUT2D eigenvalue weighted by Crippen LogP contribution is -2.59. The Kier molecular flexibility index (Phi) is 8.78. The summed E-state index contributed by atoms with van der Waals surface area (Å²) in [4.78, 5) is 45.9. The fourth-order valence-electron chi connectivity index (χ4n) is 6.10. The Hall–Kier alpha value is -4.68. The molecule has 4 amide bonds. The molecule has 9 nitrogen and oxygen atoms in total. The van der Waals surface area contributed by atoms with Gasteiger partial charge in [0.2, 0.25) is 0 Å². The third kappa shape index (κ3) is 6.25. The monoisotopic (exact) mass is 579 g/mol. The fraction of sp³-hybridized carbons (Fsp3) is 0.353. The quantitative estimate of drug-likeness (QED) is 0.359. The van der Waals surface area contributed by atoms with Gasteiger partial charge in [-0.25, -0.2) is 4.79 Å². The summed E-state index contributed by atoms with van der Waals surface area (Å²) >= 11 is 0. The van der Waals surface area contributed by atoms with E-state index in [1.54, 1.807) is 53.4 Å². The lowest BCUT2D eigenvalue weighted by atomic mass is 9.81. The highest BCUT2D eigenvalue weighted by atomic mass is 16.5. The van der Waals surface area contributed by atoms with Crippen molar-refractivity contribution in [3.63, 3.8) is 0 Å². The number of ether oxygens (including phenoxy) is 1. The average Bonchev–Trinajstić information content (AvgIpc) is 3.19. The molecular formula is C34H37N5O4. The summed E-state index contributed by atoms with van der Waals surface area (Å²) in [5.74, 6) is 0.286. The van der Waals surface area contributed by atoms with Crippen LogP contribution in [0.3, 0.4) is 0 Å². The van der Waals surface area contributed by atoms with Gasteiger partial charge in [0.05, 0.1) is 17.7 Å². The number of carbonyl (C=O) groups is 3. The van der Waals surface area contributed by atoms with Crippen LogP contribution in [0.15, 0.2) is 78.9 Å². The van der Waals surface area contributed by atoms with Crippen molar-refractivity contribution >= 4 is 23.5 Å². The Bertz CT molecular complexity index is 1530. The predicted octanol–water partition coefficient (Wildman–Crippen LogP) is 4.97. The van der Waals surface area contributed by atoms with E-state index in [2.05, 4.69) is 29.3 Å². The second kappa shape index (κ2) is 12.7. The van der Waals surface area contributed by atoms with E-state index in [1.165, 1.54) is 4.90 Å². The summed E-state index contributed by atoms with van der Waals surface area (Å²) < 4.78 is 5.88. The van der Waals surface area contributed by atoms with E-state index in [1.807, 2.05) is 38.1 Å². The molecule has 0 saturated carbocycles. The highest BCUT2D eigenvalue weighted by Crippen LogP contribution is 2.43. The van der Waals surface area contributed by atoms with E-state index in [0.29, 0.717) is 42.7 Å². The molecule has 2 fully saturated rings. The number of imide groups is 1. The molecule has 2 heterocycles. The molecule has 0 unspecified atom stereocenters. The van der Waals surface area contributed by atoms with Gasteiger partial charge in [-0.15, -0.1) is 0 Å². The van der Waals surface area contributed by atoms with E-state index < -0.39 is 11.6 Å². The third-order valence-electron chi connectivity index (χ3n) is 8.11. The van der Waals surface area contributed by atoms with Gasteiger partial charge in [0, 0.05) is 43.5 Å². The summed E-state index contributed by atoms with van der Waals surface area (Å²) in [5, 5.41) is 12.4. The van der Waals surface area contributed by atoms with Gasteiger partial charge in [0.25, 0.3) is 11.8 Å². The van der Waals surface area contributed by atoms with Gasteiger partial charge in [-0.2, -0.15) is 5.26 Å².